The van der Waals surface area contributed by atoms with Crippen LogP contribution in [0.25, 0.3) is 0 Å². The van der Waals surface area contributed by atoms with Crippen LogP contribution in [0.4, 0.5) is 4.39 Å². The van der Waals surface area contributed by atoms with Crippen molar-refractivity contribution in [1.29, 1.82) is 0 Å². The Kier molecular flexibility index (Phi) is 6.40. The Bertz CT molecular complexity index is 390. The summed E-state index contributed by atoms with van der Waals surface area (Å²) in [5, 5.41) is 4.04. The van der Waals surface area contributed by atoms with Crippen molar-refractivity contribution >= 4 is 23.2 Å². The van der Waals surface area contributed by atoms with Crippen LogP contribution in [-0.2, 0) is 0 Å². The molecule has 0 fully saturated rings. The summed E-state index contributed by atoms with van der Waals surface area (Å²) in [5.74, 6) is -0.251. The topological polar surface area (TPSA) is 12.0 Å². The lowest BCUT2D eigenvalue weighted by Crippen LogP contribution is -2.33. The molecule has 102 valence electrons. The van der Waals surface area contributed by atoms with Crippen molar-refractivity contribution in [2.75, 3.05) is 6.54 Å². The molecule has 0 heterocycles. The first-order valence-corrected chi connectivity index (χ1v) is 7.14. The molecule has 0 spiro atoms. The van der Waals surface area contributed by atoms with Gasteiger partial charge in [0, 0.05) is 11.1 Å². The number of rotatable bonds is 6. The van der Waals surface area contributed by atoms with E-state index in [0.29, 0.717) is 11.1 Å². The molecule has 0 radical (unpaired) electrons. The first-order valence-electron chi connectivity index (χ1n) is 6.39. The standard InChI is InChI=1S/C14H20Cl2FN/c1-4-6-14(18-5-2)9(3)10-7-13(17)12(16)8-11(10)15/h7-9,14,18H,4-6H2,1-3H3. The maximum absolute atomic E-state index is 13.5. The molecule has 0 saturated heterocycles. The molecule has 0 saturated carbocycles. The number of nitrogens with one attached hydrogen (secondary N) is 1. The largest absolute Gasteiger partial charge is 0.314 e. The Morgan fingerprint density at radius 1 is 1.22 bits per heavy atom. The van der Waals surface area contributed by atoms with E-state index < -0.39 is 5.82 Å². The zero-order valence-corrected chi connectivity index (χ0v) is 12.6. The summed E-state index contributed by atoms with van der Waals surface area (Å²) in [5.41, 5.74) is 0.818. The third-order valence-electron chi connectivity index (χ3n) is 3.20. The van der Waals surface area contributed by atoms with E-state index in [1.54, 1.807) is 0 Å². The fraction of sp³-hybridized carbons (Fsp3) is 0.571. The van der Waals surface area contributed by atoms with Gasteiger partial charge in [0.2, 0.25) is 0 Å². The van der Waals surface area contributed by atoms with E-state index in [9.17, 15) is 4.39 Å². The number of likely N-dealkylation sites (N-methyl/N-ethyl adjacent to an activating group) is 1. The van der Waals surface area contributed by atoms with Crippen molar-refractivity contribution < 1.29 is 4.39 Å². The van der Waals surface area contributed by atoms with E-state index in [1.807, 2.05) is 0 Å². The molecule has 0 aliphatic rings. The number of halogens is 3. The molecule has 0 bridgehead atoms. The monoisotopic (exact) mass is 291 g/mol. The van der Waals surface area contributed by atoms with E-state index in [4.69, 9.17) is 23.2 Å². The van der Waals surface area contributed by atoms with E-state index in [2.05, 4.69) is 26.1 Å². The van der Waals surface area contributed by atoms with E-state index in [0.717, 1.165) is 24.9 Å². The minimum absolute atomic E-state index is 0.0754. The van der Waals surface area contributed by atoms with Gasteiger partial charge in [-0.2, -0.15) is 0 Å². The summed E-state index contributed by atoms with van der Waals surface area (Å²) in [6, 6.07) is 3.24. The van der Waals surface area contributed by atoms with Gasteiger partial charge in [-0.1, -0.05) is 50.4 Å². The molecule has 2 atom stereocenters. The molecule has 0 aromatic heterocycles. The van der Waals surface area contributed by atoms with Crippen LogP contribution in [0.1, 0.15) is 45.1 Å². The fourth-order valence-electron chi connectivity index (χ4n) is 2.21. The molecule has 1 aromatic carbocycles. The van der Waals surface area contributed by atoms with Crippen molar-refractivity contribution in [3.05, 3.63) is 33.6 Å². The minimum Gasteiger partial charge on any atom is -0.314 e. The van der Waals surface area contributed by atoms with Crippen molar-refractivity contribution in [2.45, 2.75) is 45.6 Å². The van der Waals surface area contributed by atoms with Crippen LogP contribution in [0, 0.1) is 5.82 Å². The SMILES string of the molecule is CCCC(NCC)C(C)c1cc(F)c(Cl)cc1Cl. The summed E-state index contributed by atoms with van der Waals surface area (Å²) in [6.45, 7) is 7.17. The quantitative estimate of drug-likeness (QED) is 0.726. The van der Waals surface area contributed by atoms with Crippen LogP contribution < -0.4 is 5.32 Å². The summed E-state index contributed by atoms with van der Waals surface area (Å²) in [7, 11) is 0. The fourth-order valence-corrected chi connectivity index (χ4v) is 2.76. The lowest BCUT2D eigenvalue weighted by atomic mass is 9.90. The van der Waals surface area contributed by atoms with Gasteiger partial charge in [0.15, 0.2) is 0 Å². The second kappa shape index (κ2) is 7.32. The predicted octanol–water partition coefficient (Wildman–Crippen LogP) is 5.01. The molecule has 0 aliphatic heterocycles. The highest BCUT2D eigenvalue weighted by molar-refractivity contribution is 6.35. The highest BCUT2D eigenvalue weighted by Gasteiger charge is 2.21. The number of hydrogen-bond acceptors (Lipinski definition) is 1. The minimum atomic E-state index is -0.408. The summed E-state index contributed by atoms with van der Waals surface area (Å²) in [6.07, 6.45) is 2.12. The van der Waals surface area contributed by atoms with Gasteiger partial charge in [0.1, 0.15) is 5.82 Å². The molecule has 0 amide bonds. The Morgan fingerprint density at radius 2 is 1.89 bits per heavy atom. The average Bonchev–Trinajstić information content (AvgIpc) is 2.33. The molecule has 1 nitrogen and oxygen atoms in total. The summed E-state index contributed by atoms with van der Waals surface area (Å²) < 4.78 is 13.5. The van der Waals surface area contributed by atoms with Crippen LogP contribution in [-0.4, -0.2) is 12.6 Å². The van der Waals surface area contributed by atoms with Gasteiger partial charge < -0.3 is 5.32 Å². The van der Waals surface area contributed by atoms with Gasteiger partial charge in [0.05, 0.1) is 5.02 Å². The summed E-state index contributed by atoms with van der Waals surface area (Å²) >= 11 is 11.9. The zero-order valence-electron chi connectivity index (χ0n) is 11.1. The molecule has 4 heteroatoms. The average molecular weight is 292 g/mol. The van der Waals surface area contributed by atoms with E-state index in [-0.39, 0.29) is 10.9 Å². The van der Waals surface area contributed by atoms with Crippen LogP contribution >= 0.6 is 23.2 Å². The molecule has 18 heavy (non-hydrogen) atoms. The predicted molar refractivity (Wildman–Crippen MR) is 77.2 cm³/mol. The van der Waals surface area contributed by atoms with Gasteiger partial charge in [-0.25, -0.2) is 4.39 Å². The smallest absolute Gasteiger partial charge is 0.142 e. The second-order valence-electron chi connectivity index (χ2n) is 4.53. The van der Waals surface area contributed by atoms with E-state index in [1.165, 1.54) is 12.1 Å². The van der Waals surface area contributed by atoms with Gasteiger partial charge in [-0.05, 0) is 36.6 Å². The molecular formula is C14H20Cl2FN. The lowest BCUT2D eigenvalue weighted by Gasteiger charge is -2.25. The van der Waals surface area contributed by atoms with Crippen LogP contribution in [0.5, 0.6) is 0 Å². The Morgan fingerprint density at radius 3 is 2.44 bits per heavy atom. The van der Waals surface area contributed by atoms with Gasteiger partial charge >= 0.3 is 0 Å². The third-order valence-corrected chi connectivity index (χ3v) is 3.82. The van der Waals surface area contributed by atoms with Crippen LogP contribution in [0.2, 0.25) is 10.0 Å². The van der Waals surface area contributed by atoms with Crippen LogP contribution in [0.15, 0.2) is 12.1 Å². The first-order chi connectivity index (χ1) is 8.51. The highest BCUT2D eigenvalue weighted by atomic mass is 35.5. The van der Waals surface area contributed by atoms with Crippen molar-refractivity contribution in [3.8, 4) is 0 Å². The van der Waals surface area contributed by atoms with Gasteiger partial charge in [-0.15, -0.1) is 0 Å². The Labute approximate surface area is 119 Å². The van der Waals surface area contributed by atoms with Gasteiger partial charge in [0.25, 0.3) is 0 Å². The van der Waals surface area contributed by atoms with Crippen molar-refractivity contribution in [3.63, 3.8) is 0 Å². The maximum Gasteiger partial charge on any atom is 0.142 e. The molecule has 1 rings (SSSR count). The first kappa shape index (κ1) is 15.7. The highest BCUT2D eigenvalue weighted by Crippen LogP contribution is 2.32. The second-order valence-corrected chi connectivity index (χ2v) is 5.34. The van der Waals surface area contributed by atoms with E-state index >= 15 is 0 Å². The molecule has 0 aliphatic carbocycles. The van der Waals surface area contributed by atoms with Crippen molar-refractivity contribution in [2.24, 2.45) is 0 Å². The maximum atomic E-state index is 13.5. The normalized spacial score (nSPS) is 14.6. The van der Waals surface area contributed by atoms with Crippen LogP contribution in [0.3, 0.4) is 0 Å². The number of benzene rings is 1. The third kappa shape index (κ3) is 3.84. The number of hydrogen-bond donors (Lipinski definition) is 1. The molecule has 2 unspecified atom stereocenters. The molecule has 1 N–H and O–H groups in total. The molecule has 1 aromatic rings. The summed E-state index contributed by atoms with van der Waals surface area (Å²) in [4.78, 5) is 0. The lowest BCUT2D eigenvalue weighted by molar-refractivity contribution is 0.429. The van der Waals surface area contributed by atoms with Crippen molar-refractivity contribution in [1.82, 2.24) is 5.32 Å². The zero-order chi connectivity index (χ0) is 13.7. The Balaban J connectivity index is 3.00. The Hall–Kier alpha value is -0.310. The van der Waals surface area contributed by atoms with Gasteiger partial charge in [-0.3, -0.25) is 0 Å². The molecular weight excluding hydrogens is 272 g/mol.